The van der Waals surface area contributed by atoms with Gasteiger partial charge in [0.15, 0.2) is 0 Å². The third kappa shape index (κ3) is 5.17. The molecule has 0 aliphatic carbocycles. The normalized spacial score (nSPS) is 12.1. The van der Waals surface area contributed by atoms with E-state index in [0.717, 1.165) is 127 Å². The van der Waals surface area contributed by atoms with Crippen molar-refractivity contribution in [1.82, 2.24) is 4.57 Å². The maximum absolute atomic E-state index is 6.54. The first-order valence-electron chi connectivity index (χ1n) is 21.7. The lowest BCUT2D eigenvalue weighted by molar-refractivity contribution is 0.669. The Labute approximate surface area is 366 Å². The molecule has 0 spiro atoms. The van der Waals surface area contributed by atoms with Crippen molar-refractivity contribution in [3.8, 4) is 50.2 Å². The molecule has 64 heavy (non-hydrogen) atoms. The van der Waals surface area contributed by atoms with E-state index in [0.29, 0.717) is 0 Å². The summed E-state index contributed by atoms with van der Waals surface area (Å²) in [4.78, 5) is 0. The summed E-state index contributed by atoms with van der Waals surface area (Å²) in [5, 5.41) is 9.13. The number of hydrogen-bond donors (Lipinski definition) is 0. The highest BCUT2D eigenvalue weighted by molar-refractivity contribution is 6.15. The molecule has 4 nitrogen and oxygen atoms in total. The molecule has 0 fully saturated rings. The van der Waals surface area contributed by atoms with Crippen molar-refractivity contribution in [3.05, 3.63) is 212 Å². The topological polar surface area (TPSA) is 44.4 Å². The summed E-state index contributed by atoms with van der Waals surface area (Å²) in [6, 6.07) is 75.6. The fourth-order valence-corrected chi connectivity index (χ4v) is 10.2. The number of aromatic nitrogens is 1. The summed E-state index contributed by atoms with van der Waals surface area (Å²) in [5.74, 6) is 0. The van der Waals surface area contributed by atoms with Gasteiger partial charge in [0.05, 0.1) is 11.0 Å². The lowest BCUT2D eigenvalue weighted by atomic mass is 9.97. The SMILES string of the molecule is c1ccc2c(c1)oc1c(-c3ccc(-c4ccc5c(c4)c4cc(-c6cccc7c6oc6ccccc67)ccc4n5-c4ccc(-c5cccc6c5oc5ccccc56)cc4)cc3)cccc12. The fourth-order valence-electron chi connectivity index (χ4n) is 10.2. The summed E-state index contributed by atoms with van der Waals surface area (Å²) >= 11 is 0. The summed E-state index contributed by atoms with van der Waals surface area (Å²) < 4.78 is 21.8. The smallest absolute Gasteiger partial charge is 0.143 e. The first-order chi connectivity index (χ1) is 31.7. The molecule has 0 atom stereocenters. The predicted octanol–water partition coefficient (Wildman–Crippen LogP) is 17.1. The lowest BCUT2D eigenvalue weighted by Crippen LogP contribution is -1.94. The van der Waals surface area contributed by atoms with Crippen LogP contribution in [0.25, 0.3) is 138 Å². The van der Waals surface area contributed by atoms with Crippen LogP contribution in [0.3, 0.4) is 0 Å². The fraction of sp³-hybridized carbons (Fsp3) is 0. The molecule has 4 heteroatoms. The molecule has 0 unspecified atom stereocenters. The average Bonchev–Trinajstić information content (AvgIpc) is 4.13. The Morgan fingerprint density at radius 1 is 0.250 bits per heavy atom. The van der Waals surface area contributed by atoms with E-state index in [1.165, 1.54) is 10.8 Å². The second kappa shape index (κ2) is 13.4. The number of nitrogens with zero attached hydrogens (tertiary/aromatic N) is 1. The molecular weight excluding hydrogens is 783 g/mol. The Bertz CT molecular complexity index is 4180. The lowest BCUT2D eigenvalue weighted by Gasteiger charge is -2.11. The van der Waals surface area contributed by atoms with Crippen molar-refractivity contribution in [1.29, 1.82) is 0 Å². The molecule has 298 valence electrons. The van der Waals surface area contributed by atoms with Crippen LogP contribution in [0.5, 0.6) is 0 Å². The van der Waals surface area contributed by atoms with Gasteiger partial charge < -0.3 is 17.8 Å². The minimum absolute atomic E-state index is 0.896. The van der Waals surface area contributed by atoms with Crippen molar-refractivity contribution in [2.24, 2.45) is 0 Å². The number of hydrogen-bond acceptors (Lipinski definition) is 3. The molecule has 0 radical (unpaired) electrons. The van der Waals surface area contributed by atoms with E-state index in [4.69, 9.17) is 13.3 Å². The minimum atomic E-state index is 0.896. The van der Waals surface area contributed by atoms with Gasteiger partial charge >= 0.3 is 0 Å². The number of benzene rings is 10. The summed E-state index contributed by atoms with van der Waals surface area (Å²) in [6.45, 7) is 0. The van der Waals surface area contributed by atoms with Crippen LogP contribution in [0, 0.1) is 0 Å². The van der Waals surface area contributed by atoms with E-state index in [1.807, 2.05) is 36.4 Å². The predicted molar refractivity (Wildman–Crippen MR) is 264 cm³/mol. The number of rotatable bonds is 5. The quantitative estimate of drug-likeness (QED) is 0.174. The van der Waals surface area contributed by atoms with Gasteiger partial charge in [-0.1, -0.05) is 158 Å². The Balaban J connectivity index is 0.917. The van der Waals surface area contributed by atoms with Gasteiger partial charge in [0.1, 0.15) is 33.5 Å². The maximum atomic E-state index is 6.54. The molecule has 14 aromatic rings. The molecule has 4 aromatic heterocycles. The van der Waals surface area contributed by atoms with Crippen molar-refractivity contribution < 1.29 is 13.3 Å². The van der Waals surface area contributed by atoms with Gasteiger partial charge in [-0.15, -0.1) is 0 Å². The Morgan fingerprint density at radius 2 is 0.609 bits per heavy atom. The minimum Gasteiger partial charge on any atom is -0.455 e. The standard InChI is InChI=1S/C60H35NO3/c1-4-19-55-45(10-1)48-16-7-13-42(58(48)62-55)37-24-22-36(23-25-37)39-28-32-53-51(34-39)52-35-40(44-15-9-18-50-47-12-3-6-21-57(47)64-60(44)50)29-33-54(52)61(53)41-30-26-38(27-31-41)43-14-8-17-49-46-11-2-5-20-56(46)63-59(43)49/h1-35H. The first-order valence-corrected chi connectivity index (χ1v) is 21.7. The van der Waals surface area contributed by atoms with E-state index < -0.39 is 0 Å². The molecule has 0 N–H and O–H groups in total. The second-order valence-corrected chi connectivity index (χ2v) is 16.8. The summed E-state index contributed by atoms with van der Waals surface area (Å²) in [7, 11) is 0. The number of fused-ring (bicyclic) bond motifs is 12. The zero-order valence-corrected chi connectivity index (χ0v) is 34.4. The van der Waals surface area contributed by atoms with Crippen LogP contribution in [-0.2, 0) is 0 Å². The van der Waals surface area contributed by atoms with Crippen LogP contribution in [0.1, 0.15) is 0 Å². The number of para-hydroxylation sites is 6. The van der Waals surface area contributed by atoms with Crippen LogP contribution in [0.2, 0.25) is 0 Å². The molecule has 0 saturated heterocycles. The maximum Gasteiger partial charge on any atom is 0.143 e. The van der Waals surface area contributed by atoms with Gasteiger partial charge in [-0.3, -0.25) is 0 Å². The molecule has 0 aliphatic rings. The third-order valence-electron chi connectivity index (χ3n) is 13.3. The first kappa shape index (κ1) is 35.0. The van der Waals surface area contributed by atoms with Crippen LogP contribution in [-0.4, -0.2) is 4.57 Å². The highest BCUT2D eigenvalue weighted by atomic mass is 16.3. The van der Waals surface area contributed by atoms with Gasteiger partial charge in [-0.05, 0) is 82.4 Å². The van der Waals surface area contributed by atoms with Gasteiger partial charge in [0.25, 0.3) is 0 Å². The van der Waals surface area contributed by atoms with Crippen molar-refractivity contribution in [2.75, 3.05) is 0 Å². The molecule has 0 bridgehead atoms. The van der Waals surface area contributed by atoms with Gasteiger partial charge in [-0.2, -0.15) is 0 Å². The van der Waals surface area contributed by atoms with E-state index >= 15 is 0 Å². The second-order valence-electron chi connectivity index (χ2n) is 16.8. The summed E-state index contributed by atoms with van der Waals surface area (Å²) in [6.07, 6.45) is 0. The Morgan fingerprint density at radius 3 is 1.09 bits per heavy atom. The average molecular weight is 818 g/mol. The van der Waals surface area contributed by atoms with E-state index in [9.17, 15) is 0 Å². The molecule has 0 saturated carbocycles. The molecule has 0 amide bonds. The van der Waals surface area contributed by atoms with Crippen molar-refractivity contribution in [2.45, 2.75) is 0 Å². The highest BCUT2D eigenvalue weighted by Crippen LogP contribution is 2.42. The summed E-state index contributed by atoms with van der Waals surface area (Å²) in [5.41, 5.74) is 17.7. The zero-order valence-electron chi connectivity index (χ0n) is 34.4. The van der Waals surface area contributed by atoms with Crippen molar-refractivity contribution >= 4 is 87.6 Å². The largest absolute Gasteiger partial charge is 0.455 e. The zero-order chi connectivity index (χ0) is 41.9. The Hall–Kier alpha value is -8.60. The van der Waals surface area contributed by atoms with E-state index in [2.05, 4.69) is 180 Å². The van der Waals surface area contributed by atoms with Crippen LogP contribution < -0.4 is 0 Å². The van der Waals surface area contributed by atoms with Gasteiger partial charge in [0, 0.05) is 65.5 Å². The third-order valence-corrected chi connectivity index (χ3v) is 13.3. The molecule has 10 aromatic carbocycles. The van der Waals surface area contributed by atoms with Gasteiger partial charge in [-0.25, -0.2) is 0 Å². The molecular formula is C60H35NO3. The van der Waals surface area contributed by atoms with Crippen LogP contribution in [0.15, 0.2) is 226 Å². The van der Waals surface area contributed by atoms with Crippen molar-refractivity contribution in [3.63, 3.8) is 0 Å². The van der Waals surface area contributed by atoms with Crippen LogP contribution >= 0.6 is 0 Å². The number of furan rings is 3. The highest BCUT2D eigenvalue weighted by Gasteiger charge is 2.19. The van der Waals surface area contributed by atoms with E-state index in [-0.39, 0.29) is 0 Å². The molecule has 14 rings (SSSR count). The molecule has 0 aliphatic heterocycles. The van der Waals surface area contributed by atoms with Gasteiger partial charge in [0.2, 0.25) is 0 Å². The monoisotopic (exact) mass is 817 g/mol. The van der Waals surface area contributed by atoms with E-state index in [1.54, 1.807) is 0 Å². The molecule has 4 heterocycles. The Kier molecular flexibility index (Phi) is 7.36. The van der Waals surface area contributed by atoms with Crippen LogP contribution in [0.4, 0.5) is 0 Å².